The van der Waals surface area contributed by atoms with Crippen LogP contribution in [0.4, 0.5) is 0 Å². The molecule has 0 aliphatic heterocycles. The first-order valence-corrected chi connectivity index (χ1v) is 4.91. The number of hydrogen-bond donors (Lipinski definition) is 2. The summed E-state index contributed by atoms with van der Waals surface area (Å²) >= 11 is 0. The molecule has 0 aliphatic rings. The lowest BCUT2D eigenvalue weighted by atomic mass is 10.1. The molecule has 3 N–H and O–H groups in total. The molecule has 17 heavy (non-hydrogen) atoms. The number of carbonyl (C=O) groups is 1. The van der Waals surface area contributed by atoms with Crippen molar-refractivity contribution in [2.75, 3.05) is 5.84 Å². The van der Waals surface area contributed by atoms with Crippen molar-refractivity contribution in [3.8, 4) is 0 Å². The molecule has 2 aromatic heterocycles. The van der Waals surface area contributed by atoms with E-state index in [2.05, 4.69) is 9.97 Å². The lowest BCUT2D eigenvalue weighted by Gasteiger charge is -2.02. The second-order valence-corrected chi connectivity index (χ2v) is 3.68. The largest absolute Gasteiger partial charge is 0.478 e. The first kappa shape index (κ1) is 9.59. The molecule has 0 spiro atoms. The number of fused-ring (bicyclic) bond motifs is 3. The van der Waals surface area contributed by atoms with Crippen LogP contribution in [0.1, 0.15) is 10.4 Å². The van der Waals surface area contributed by atoms with Gasteiger partial charge < -0.3 is 10.9 Å². The molecule has 1 aromatic carbocycles. The lowest BCUT2D eigenvalue weighted by molar-refractivity contribution is 0.0697. The Labute approximate surface area is 95.3 Å². The summed E-state index contributed by atoms with van der Waals surface area (Å²) in [6, 6.07) is 4.74. The first-order valence-electron chi connectivity index (χ1n) is 4.91. The van der Waals surface area contributed by atoms with Crippen LogP contribution in [-0.4, -0.2) is 25.7 Å². The average Bonchev–Trinajstić information content (AvgIpc) is 2.70. The summed E-state index contributed by atoms with van der Waals surface area (Å²) in [7, 11) is 0. The third-order valence-corrected chi connectivity index (χ3v) is 2.65. The zero-order valence-corrected chi connectivity index (χ0v) is 8.66. The highest BCUT2D eigenvalue weighted by atomic mass is 16.4. The highest BCUT2D eigenvalue weighted by Crippen LogP contribution is 2.22. The fourth-order valence-electron chi connectivity index (χ4n) is 1.85. The molecular weight excluding hydrogens is 220 g/mol. The summed E-state index contributed by atoms with van der Waals surface area (Å²) in [6.07, 6.45) is 3.07. The number of carboxylic acid groups (broad SMARTS) is 1. The van der Waals surface area contributed by atoms with Crippen molar-refractivity contribution in [2.24, 2.45) is 0 Å². The first-order chi connectivity index (χ1) is 8.16. The van der Waals surface area contributed by atoms with Gasteiger partial charge in [-0.05, 0) is 18.2 Å². The molecule has 0 amide bonds. The van der Waals surface area contributed by atoms with Crippen molar-refractivity contribution in [2.45, 2.75) is 0 Å². The number of carboxylic acids is 1. The number of aromatic nitrogens is 3. The Kier molecular flexibility index (Phi) is 1.79. The van der Waals surface area contributed by atoms with Gasteiger partial charge in [0.15, 0.2) is 0 Å². The van der Waals surface area contributed by atoms with Gasteiger partial charge in [0.1, 0.15) is 17.4 Å². The van der Waals surface area contributed by atoms with E-state index in [9.17, 15) is 4.79 Å². The highest BCUT2D eigenvalue weighted by Gasteiger charge is 2.09. The number of imidazole rings is 1. The number of nitrogen functional groups attached to an aromatic ring is 1. The van der Waals surface area contributed by atoms with Crippen LogP contribution in [0.2, 0.25) is 0 Å². The molecule has 0 bridgehead atoms. The second kappa shape index (κ2) is 3.18. The van der Waals surface area contributed by atoms with E-state index in [0.29, 0.717) is 11.0 Å². The maximum absolute atomic E-state index is 10.9. The highest BCUT2D eigenvalue weighted by molar-refractivity contribution is 6.04. The minimum absolute atomic E-state index is 0.201. The monoisotopic (exact) mass is 228 g/mol. The molecule has 0 radical (unpaired) electrons. The van der Waals surface area contributed by atoms with Gasteiger partial charge in [0.05, 0.1) is 17.3 Å². The van der Waals surface area contributed by atoms with Crippen LogP contribution in [0, 0.1) is 0 Å². The number of aromatic carboxylic acids is 1. The van der Waals surface area contributed by atoms with Gasteiger partial charge in [0.2, 0.25) is 0 Å². The summed E-state index contributed by atoms with van der Waals surface area (Å²) in [5.41, 5.74) is 2.21. The molecule has 0 fully saturated rings. The minimum Gasteiger partial charge on any atom is -0.478 e. The maximum atomic E-state index is 10.9. The van der Waals surface area contributed by atoms with Gasteiger partial charge in [0.25, 0.3) is 0 Å². The summed E-state index contributed by atoms with van der Waals surface area (Å²) in [5.74, 6) is 4.77. The zero-order chi connectivity index (χ0) is 12.0. The van der Waals surface area contributed by atoms with E-state index in [1.54, 1.807) is 12.3 Å². The second-order valence-electron chi connectivity index (χ2n) is 3.68. The topological polar surface area (TPSA) is 94.0 Å². The van der Waals surface area contributed by atoms with Gasteiger partial charge in [-0.1, -0.05) is 0 Å². The van der Waals surface area contributed by atoms with Gasteiger partial charge in [-0.25, -0.2) is 14.5 Å². The predicted octanol–water partition coefficient (Wildman–Crippen LogP) is 0.996. The van der Waals surface area contributed by atoms with Crippen LogP contribution in [0.5, 0.6) is 0 Å². The predicted molar refractivity (Wildman–Crippen MR) is 62.1 cm³/mol. The molecular formula is C11H8N4O2. The molecule has 6 nitrogen and oxygen atoms in total. The summed E-state index contributed by atoms with van der Waals surface area (Å²) in [6.45, 7) is 0. The van der Waals surface area contributed by atoms with Crippen molar-refractivity contribution in [3.63, 3.8) is 0 Å². The summed E-state index contributed by atoms with van der Waals surface area (Å²) in [4.78, 5) is 19.1. The molecule has 3 aromatic rings. The van der Waals surface area contributed by atoms with E-state index in [1.807, 2.05) is 0 Å². The number of nitrogens with zero attached hydrogens (tertiary/aromatic N) is 3. The molecule has 6 heteroatoms. The summed E-state index contributed by atoms with van der Waals surface area (Å²) in [5, 5.41) is 9.69. The van der Waals surface area contributed by atoms with Crippen LogP contribution in [0.15, 0.2) is 30.7 Å². The third kappa shape index (κ3) is 1.31. The number of rotatable bonds is 1. The van der Waals surface area contributed by atoms with E-state index < -0.39 is 5.97 Å². The SMILES string of the molecule is Nn1cnc2cnc3cc(C(=O)O)ccc3c21. The molecule has 3 rings (SSSR count). The molecule has 0 saturated heterocycles. The Morgan fingerprint density at radius 1 is 1.29 bits per heavy atom. The minimum atomic E-state index is -0.977. The Morgan fingerprint density at radius 3 is 2.88 bits per heavy atom. The number of nitrogens with two attached hydrogens (primary N) is 1. The normalized spacial score (nSPS) is 11.1. The van der Waals surface area contributed by atoms with Crippen molar-refractivity contribution in [1.29, 1.82) is 0 Å². The van der Waals surface area contributed by atoms with Gasteiger partial charge in [-0.2, -0.15) is 0 Å². The molecule has 84 valence electrons. The lowest BCUT2D eigenvalue weighted by Crippen LogP contribution is -2.06. The fraction of sp³-hybridized carbons (Fsp3) is 0. The van der Waals surface area contributed by atoms with E-state index in [0.717, 1.165) is 10.9 Å². The van der Waals surface area contributed by atoms with Crippen molar-refractivity contribution >= 4 is 27.9 Å². The number of hydrogen-bond acceptors (Lipinski definition) is 4. The van der Waals surface area contributed by atoms with Crippen LogP contribution in [0.3, 0.4) is 0 Å². The standard InChI is InChI=1S/C11H8N4O2/c12-15-5-14-9-4-13-8-3-6(11(16)17)1-2-7(8)10(9)15/h1-5H,12H2,(H,16,17). The van der Waals surface area contributed by atoms with E-state index >= 15 is 0 Å². The van der Waals surface area contributed by atoms with Gasteiger partial charge >= 0.3 is 5.97 Å². The summed E-state index contributed by atoms with van der Waals surface area (Å²) < 4.78 is 1.40. The van der Waals surface area contributed by atoms with Crippen molar-refractivity contribution in [1.82, 2.24) is 14.6 Å². The van der Waals surface area contributed by atoms with E-state index in [1.165, 1.54) is 23.1 Å². The molecule has 0 saturated carbocycles. The van der Waals surface area contributed by atoms with Gasteiger partial charge in [-0.15, -0.1) is 0 Å². The van der Waals surface area contributed by atoms with Gasteiger partial charge in [0, 0.05) is 5.39 Å². The molecule has 0 atom stereocenters. The quantitative estimate of drug-likeness (QED) is 0.606. The van der Waals surface area contributed by atoms with Crippen LogP contribution in [-0.2, 0) is 0 Å². The Bertz CT molecular complexity index is 748. The zero-order valence-electron chi connectivity index (χ0n) is 8.66. The van der Waals surface area contributed by atoms with Gasteiger partial charge in [-0.3, -0.25) is 4.98 Å². The van der Waals surface area contributed by atoms with E-state index in [4.69, 9.17) is 10.9 Å². The Morgan fingerprint density at radius 2 is 2.12 bits per heavy atom. The number of pyridine rings is 1. The maximum Gasteiger partial charge on any atom is 0.335 e. The van der Waals surface area contributed by atoms with Crippen molar-refractivity contribution in [3.05, 3.63) is 36.3 Å². The Hall–Kier alpha value is -2.63. The fourth-order valence-corrected chi connectivity index (χ4v) is 1.85. The van der Waals surface area contributed by atoms with Crippen molar-refractivity contribution < 1.29 is 9.90 Å². The Balaban J connectivity index is 2.44. The number of benzene rings is 1. The molecule has 2 heterocycles. The van der Waals surface area contributed by atoms with Crippen LogP contribution >= 0.6 is 0 Å². The molecule has 0 aliphatic carbocycles. The van der Waals surface area contributed by atoms with Crippen LogP contribution < -0.4 is 5.84 Å². The van der Waals surface area contributed by atoms with Crippen LogP contribution in [0.25, 0.3) is 21.9 Å². The smallest absolute Gasteiger partial charge is 0.335 e. The molecule has 0 unspecified atom stereocenters. The average molecular weight is 228 g/mol. The van der Waals surface area contributed by atoms with E-state index in [-0.39, 0.29) is 5.56 Å². The third-order valence-electron chi connectivity index (χ3n) is 2.65.